The number of fused-ring (bicyclic) bond motifs is 4. The Morgan fingerprint density at radius 2 is 1.81 bits per heavy atom. The molecule has 2 aromatic carbocycles. The van der Waals surface area contributed by atoms with Gasteiger partial charge in [-0.2, -0.15) is 0 Å². The highest BCUT2D eigenvalue weighted by Gasteiger charge is 2.70. The van der Waals surface area contributed by atoms with E-state index in [2.05, 4.69) is 10.6 Å². The first-order chi connectivity index (χ1) is 17.7. The Morgan fingerprint density at radius 1 is 1.05 bits per heavy atom. The van der Waals surface area contributed by atoms with E-state index in [1.807, 2.05) is 25.1 Å². The number of carbonyl (C=O) groups is 4. The molecule has 2 fully saturated rings. The van der Waals surface area contributed by atoms with Crippen LogP contribution in [0.1, 0.15) is 29.5 Å². The van der Waals surface area contributed by atoms with Crippen LogP contribution < -0.4 is 20.1 Å². The molecule has 0 radical (unpaired) electrons. The molecule has 0 bridgehead atoms. The lowest BCUT2D eigenvalue weighted by atomic mass is 9.76. The van der Waals surface area contributed by atoms with Gasteiger partial charge in [0, 0.05) is 30.3 Å². The van der Waals surface area contributed by atoms with Crippen LogP contribution in [-0.2, 0) is 31.1 Å². The molecule has 2 aromatic rings. The van der Waals surface area contributed by atoms with Crippen LogP contribution >= 0.6 is 0 Å². The number of amides is 3. The Kier molecular flexibility index (Phi) is 6.15. The molecule has 4 atom stereocenters. The van der Waals surface area contributed by atoms with E-state index < -0.39 is 41.2 Å². The fraction of sp³-hybridized carbons (Fsp3) is 0.407. The van der Waals surface area contributed by atoms with E-state index >= 15 is 0 Å². The molecule has 10 heteroatoms. The van der Waals surface area contributed by atoms with Gasteiger partial charge in [0.2, 0.25) is 17.7 Å². The third kappa shape index (κ3) is 3.83. The van der Waals surface area contributed by atoms with Crippen molar-refractivity contribution in [3.63, 3.8) is 0 Å². The number of carbonyl (C=O) groups excluding carboxylic acids is 3. The van der Waals surface area contributed by atoms with Crippen LogP contribution in [0, 0.1) is 18.8 Å². The van der Waals surface area contributed by atoms with Gasteiger partial charge in [-0.25, -0.2) is 0 Å². The van der Waals surface area contributed by atoms with E-state index in [1.165, 1.54) is 12.0 Å². The molecule has 2 saturated heterocycles. The number of ether oxygens (including phenoxy) is 2. The standard InChI is InChI=1S/C27H29N3O7/c1-14-4-6-17-16(12-14)27(26(35)28-17)23-22(18(29-27)7-9-21(31)32)24(33)30(25(23)34)11-10-15-5-8-19(36-2)20(13-15)37-3/h4-6,8,12-13,18,22-23,29H,7,9-11H2,1-3H3,(H,28,35)(H,31,32)/t18-,22-,23+,27-/m1/s1. The van der Waals surface area contributed by atoms with Crippen LogP contribution in [0.5, 0.6) is 11.5 Å². The largest absolute Gasteiger partial charge is 0.493 e. The maximum Gasteiger partial charge on any atom is 0.303 e. The minimum Gasteiger partial charge on any atom is -0.493 e. The van der Waals surface area contributed by atoms with Crippen molar-refractivity contribution in [3.8, 4) is 11.5 Å². The summed E-state index contributed by atoms with van der Waals surface area (Å²) >= 11 is 0. The molecule has 3 heterocycles. The Labute approximate surface area is 213 Å². The number of hydrogen-bond donors (Lipinski definition) is 3. The molecule has 3 aliphatic rings. The van der Waals surface area contributed by atoms with Crippen LogP contribution in [0.25, 0.3) is 0 Å². The smallest absolute Gasteiger partial charge is 0.303 e. The summed E-state index contributed by atoms with van der Waals surface area (Å²) in [6, 6.07) is 10.3. The number of carboxylic acid groups (broad SMARTS) is 1. The lowest BCUT2D eigenvalue weighted by Gasteiger charge is -2.29. The van der Waals surface area contributed by atoms with Crippen LogP contribution in [0.2, 0.25) is 0 Å². The maximum absolute atomic E-state index is 13.9. The van der Waals surface area contributed by atoms with E-state index in [9.17, 15) is 24.3 Å². The van der Waals surface area contributed by atoms with E-state index in [4.69, 9.17) is 9.47 Å². The lowest BCUT2D eigenvalue weighted by Crippen LogP contribution is -2.53. The summed E-state index contributed by atoms with van der Waals surface area (Å²) in [6.45, 7) is 2.02. The normalized spacial score (nSPS) is 25.9. The Balaban J connectivity index is 1.48. The molecular weight excluding hydrogens is 478 g/mol. The summed E-state index contributed by atoms with van der Waals surface area (Å²) in [5, 5.41) is 15.4. The van der Waals surface area contributed by atoms with Crippen molar-refractivity contribution in [2.24, 2.45) is 11.8 Å². The number of nitrogens with one attached hydrogen (secondary N) is 2. The van der Waals surface area contributed by atoms with E-state index in [-0.39, 0.29) is 25.3 Å². The van der Waals surface area contributed by atoms with Gasteiger partial charge >= 0.3 is 5.97 Å². The van der Waals surface area contributed by atoms with E-state index in [0.717, 1.165) is 11.1 Å². The topological polar surface area (TPSA) is 134 Å². The second-order valence-corrected chi connectivity index (χ2v) is 9.77. The molecule has 3 N–H and O–H groups in total. The lowest BCUT2D eigenvalue weighted by molar-refractivity contribution is -0.143. The van der Waals surface area contributed by atoms with Crippen molar-refractivity contribution in [1.29, 1.82) is 0 Å². The quantitative estimate of drug-likeness (QED) is 0.461. The number of nitrogens with zero attached hydrogens (tertiary/aromatic N) is 1. The number of likely N-dealkylation sites (tertiary alicyclic amines) is 1. The van der Waals surface area contributed by atoms with Gasteiger partial charge in [-0.15, -0.1) is 0 Å². The third-order valence-corrected chi connectivity index (χ3v) is 7.70. The predicted octanol–water partition coefficient (Wildman–Crippen LogP) is 1.84. The highest BCUT2D eigenvalue weighted by molar-refractivity contribution is 6.15. The van der Waals surface area contributed by atoms with Crippen molar-refractivity contribution in [2.45, 2.75) is 37.8 Å². The van der Waals surface area contributed by atoms with Crippen molar-refractivity contribution in [2.75, 3.05) is 26.1 Å². The van der Waals surface area contributed by atoms with Gasteiger partial charge in [-0.1, -0.05) is 23.8 Å². The fourth-order valence-corrected chi connectivity index (χ4v) is 6.00. The van der Waals surface area contributed by atoms with Gasteiger partial charge < -0.3 is 19.9 Å². The van der Waals surface area contributed by atoms with Crippen molar-refractivity contribution in [1.82, 2.24) is 10.2 Å². The van der Waals surface area contributed by atoms with Gasteiger partial charge in [-0.3, -0.25) is 29.4 Å². The zero-order valence-corrected chi connectivity index (χ0v) is 20.9. The Bertz CT molecular complexity index is 1310. The van der Waals surface area contributed by atoms with Crippen LogP contribution in [0.3, 0.4) is 0 Å². The molecule has 10 nitrogen and oxygen atoms in total. The number of anilines is 1. The van der Waals surface area contributed by atoms with Gasteiger partial charge in [-0.05, 0) is 43.5 Å². The molecule has 1 spiro atoms. The number of benzene rings is 2. The zero-order chi connectivity index (χ0) is 26.5. The summed E-state index contributed by atoms with van der Waals surface area (Å²) in [5.41, 5.74) is 1.53. The number of imide groups is 1. The highest BCUT2D eigenvalue weighted by Crippen LogP contribution is 2.53. The number of hydrogen-bond acceptors (Lipinski definition) is 7. The first-order valence-electron chi connectivity index (χ1n) is 12.2. The van der Waals surface area contributed by atoms with E-state index in [1.54, 1.807) is 25.3 Å². The van der Waals surface area contributed by atoms with Crippen LogP contribution in [0.15, 0.2) is 36.4 Å². The monoisotopic (exact) mass is 507 g/mol. The minimum absolute atomic E-state index is 0.120. The fourth-order valence-electron chi connectivity index (χ4n) is 6.00. The highest BCUT2D eigenvalue weighted by atomic mass is 16.5. The van der Waals surface area contributed by atoms with Gasteiger partial charge in [0.1, 0.15) is 5.54 Å². The molecular formula is C27H29N3O7. The molecule has 37 heavy (non-hydrogen) atoms. The zero-order valence-electron chi connectivity index (χ0n) is 20.9. The van der Waals surface area contributed by atoms with Crippen LogP contribution in [0.4, 0.5) is 5.69 Å². The third-order valence-electron chi connectivity index (χ3n) is 7.70. The second kappa shape index (κ2) is 9.19. The number of rotatable bonds is 8. The summed E-state index contributed by atoms with van der Waals surface area (Å²) in [6.07, 6.45) is 0.320. The molecule has 0 aromatic heterocycles. The van der Waals surface area contributed by atoms with Crippen LogP contribution in [-0.4, -0.2) is 60.5 Å². The Morgan fingerprint density at radius 3 is 2.51 bits per heavy atom. The molecule has 194 valence electrons. The average Bonchev–Trinajstić information content (AvgIpc) is 3.45. The summed E-state index contributed by atoms with van der Waals surface area (Å²) in [5.74, 6) is -2.90. The number of methoxy groups -OCH3 is 2. The molecule has 3 amide bonds. The number of aliphatic carboxylic acids is 1. The van der Waals surface area contributed by atoms with E-state index in [0.29, 0.717) is 29.2 Å². The minimum atomic E-state index is -1.43. The van der Waals surface area contributed by atoms with Crippen molar-refractivity contribution >= 4 is 29.4 Å². The summed E-state index contributed by atoms with van der Waals surface area (Å²) < 4.78 is 10.6. The average molecular weight is 508 g/mol. The molecule has 0 unspecified atom stereocenters. The molecule has 0 saturated carbocycles. The first kappa shape index (κ1) is 24.8. The molecule has 0 aliphatic carbocycles. The number of carboxylic acids is 1. The van der Waals surface area contributed by atoms with Gasteiger partial charge in [0.25, 0.3) is 0 Å². The summed E-state index contributed by atoms with van der Waals surface area (Å²) in [7, 11) is 3.08. The van der Waals surface area contributed by atoms with Gasteiger partial charge in [0.05, 0.1) is 26.1 Å². The first-order valence-corrected chi connectivity index (χ1v) is 12.2. The predicted molar refractivity (Wildman–Crippen MR) is 132 cm³/mol. The second-order valence-electron chi connectivity index (χ2n) is 9.77. The molecule has 3 aliphatic heterocycles. The van der Waals surface area contributed by atoms with Crippen molar-refractivity contribution < 1.29 is 33.8 Å². The Hall–Kier alpha value is -3.92. The number of aryl methyl sites for hydroxylation is 1. The SMILES string of the molecule is COc1ccc(CCN2C(=O)[C@H]3[C@@H](C2=O)[C@@]2(N[C@@H]3CCC(=O)O)C(=O)Nc3ccc(C)cc32)cc1OC. The maximum atomic E-state index is 13.9. The van der Waals surface area contributed by atoms with Gasteiger partial charge in [0.15, 0.2) is 11.5 Å². The van der Waals surface area contributed by atoms with Crippen molar-refractivity contribution in [3.05, 3.63) is 53.1 Å². The molecule has 5 rings (SSSR count). The summed E-state index contributed by atoms with van der Waals surface area (Å²) in [4.78, 5) is 53.6.